The summed E-state index contributed by atoms with van der Waals surface area (Å²) in [7, 11) is 3.19. The maximum absolute atomic E-state index is 13.3. The molecule has 0 amide bonds. The molecule has 1 aliphatic rings. The van der Waals surface area contributed by atoms with E-state index in [4.69, 9.17) is 9.47 Å². The molecule has 1 fully saturated rings. The molecule has 2 heterocycles. The number of nitrogens with one attached hydrogen (secondary N) is 1. The number of nitrogens with zero attached hydrogens (tertiary/aromatic N) is 3. The number of methoxy groups -OCH3 is 2. The Morgan fingerprint density at radius 1 is 1.10 bits per heavy atom. The van der Waals surface area contributed by atoms with Crippen LogP contribution in [0.15, 0.2) is 47.5 Å². The molecule has 164 valence electrons. The van der Waals surface area contributed by atoms with Crippen LogP contribution in [0.3, 0.4) is 0 Å². The van der Waals surface area contributed by atoms with Crippen molar-refractivity contribution in [2.75, 3.05) is 45.4 Å². The van der Waals surface area contributed by atoms with Gasteiger partial charge in [0.15, 0.2) is 0 Å². The fraction of sp³-hybridized carbons (Fsp3) is 0.391. The zero-order valence-electron chi connectivity index (χ0n) is 17.9. The summed E-state index contributed by atoms with van der Waals surface area (Å²) in [6, 6.07) is 11.3. The van der Waals surface area contributed by atoms with E-state index in [0.29, 0.717) is 28.9 Å². The molecule has 1 aliphatic heterocycles. The Bertz CT molecular complexity index is 1090. The number of ether oxygens (including phenoxy) is 2. The fourth-order valence-electron chi connectivity index (χ4n) is 4.09. The highest BCUT2D eigenvalue weighted by molar-refractivity contribution is 5.83. The molecule has 8 heteroatoms. The largest absolute Gasteiger partial charge is 0.497 e. The summed E-state index contributed by atoms with van der Waals surface area (Å²) in [4.78, 5) is 19.8. The van der Waals surface area contributed by atoms with Gasteiger partial charge in [0.1, 0.15) is 11.5 Å². The Morgan fingerprint density at radius 3 is 2.45 bits per heavy atom. The molecule has 2 aromatic carbocycles. The summed E-state index contributed by atoms with van der Waals surface area (Å²) in [5.74, 6) is 1.29. The Kier molecular flexibility index (Phi) is 6.39. The van der Waals surface area contributed by atoms with Gasteiger partial charge in [-0.3, -0.25) is 9.36 Å². The van der Waals surface area contributed by atoms with Gasteiger partial charge in [-0.1, -0.05) is 0 Å². The van der Waals surface area contributed by atoms with Crippen molar-refractivity contribution in [1.29, 1.82) is 0 Å². The number of piperidine rings is 1. The summed E-state index contributed by atoms with van der Waals surface area (Å²) in [5, 5.41) is 13.6. The van der Waals surface area contributed by atoms with Crippen molar-refractivity contribution < 1.29 is 14.6 Å². The first-order valence-corrected chi connectivity index (χ1v) is 10.5. The molecule has 0 spiro atoms. The van der Waals surface area contributed by atoms with E-state index in [1.54, 1.807) is 31.2 Å². The van der Waals surface area contributed by atoms with Crippen LogP contribution in [-0.2, 0) is 0 Å². The summed E-state index contributed by atoms with van der Waals surface area (Å²) in [6.07, 6.45) is 3.48. The second kappa shape index (κ2) is 9.36. The van der Waals surface area contributed by atoms with Gasteiger partial charge in [0, 0.05) is 42.2 Å². The third-order valence-corrected chi connectivity index (χ3v) is 5.75. The smallest absolute Gasteiger partial charge is 0.261 e. The average molecular weight is 425 g/mol. The van der Waals surface area contributed by atoms with Crippen LogP contribution < -0.4 is 25.2 Å². The van der Waals surface area contributed by atoms with Crippen LogP contribution in [0.25, 0.3) is 10.9 Å². The van der Waals surface area contributed by atoms with Crippen molar-refractivity contribution in [1.82, 2.24) is 14.9 Å². The maximum Gasteiger partial charge on any atom is 0.261 e. The average Bonchev–Trinajstić information content (AvgIpc) is 2.83. The van der Waals surface area contributed by atoms with Crippen molar-refractivity contribution in [2.24, 2.45) is 0 Å². The molecule has 1 aromatic heterocycles. The lowest BCUT2D eigenvalue weighted by atomic mass is 10.1. The highest BCUT2D eigenvalue weighted by atomic mass is 16.5. The van der Waals surface area contributed by atoms with Crippen molar-refractivity contribution >= 4 is 22.3 Å². The van der Waals surface area contributed by atoms with Gasteiger partial charge >= 0.3 is 0 Å². The lowest BCUT2D eigenvalue weighted by Crippen LogP contribution is -2.34. The first kappa shape index (κ1) is 21.1. The molecule has 8 nitrogen and oxygen atoms in total. The standard InChI is InChI=1S/C23H28N4O4/c1-30-19-11-18(12-20(14-19)31-2)26(9-10-28)17-3-4-22-21(13-17)23(29)27(15-25-22)16-5-7-24-8-6-16/h3-4,11-16,24,28H,5-10H2,1-2H3. The van der Waals surface area contributed by atoms with Crippen molar-refractivity contribution in [2.45, 2.75) is 18.9 Å². The van der Waals surface area contributed by atoms with Crippen LogP contribution in [0.5, 0.6) is 11.5 Å². The Balaban J connectivity index is 1.79. The van der Waals surface area contributed by atoms with E-state index in [0.717, 1.165) is 37.3 Å². The van der Waals surface area contributed by atoms with Crippen LogP contribution >= 0.6 is 0 Å². The quantitative estimate of drug-likeness (QED) is 0.602. The molecule has 0 saturated carbocycles. The van der Waals surface area contributed by atoms with Crippen molar-refractivity contribution in [3.8, 4) is 11.5 Å². The third kappa shape index (κ3) is 4.35. The number of hydrogen-bond donors (Lipinski definition) is 2. The number of hydrogen-bond acceptors (Lipinski definition) is 7. The number of fused-ring (bicyclic) bond motifs is 1. The maximum atomic E-state index is 13.3. The van der Waals surface area contributed by atoms with Gasteiger partial charge in [0.2, 0.25) is 0 Å². The highest BCUT2D eigenvalue weighted by Gasteiger charge is 2.19. The molecule has 31 heavy (non-hydrogen) atoms. The lowest BCUT2D eigenvalue weighted by molar-refractivity contribution is 0.305. The molecule has 0 atom stereocenters. The van der Waals surface area contributed by atoms with Crippen molar-refractivity contribution in [3.05, 3.63) is 53.1 Å². The molecule has 3 aromatic rings. The summed E-state index contributed by atoms with van der Waals surface area (Å²) in [5.41, 5.74) is 2.21. The van der Waals surface area contributed by atoms with Crippen LogP contribution in [-0.4, -0.2) is 55.1 Å². The van der Waals surface area contributed by atoms with E-state index >= 15 is 0 Å². The van der Waals surface area contributed by atoms with Gasteiger partial charge in [-0.25, -0.2) is 4.98 Å². The minimum Gasteiger partial charge on any atom is -0.497 e. The minimum atomic E-state index is -0.0517. The van der Waals surface area contributed by atoms with E-state index in [1.807, 2.05) is 35.2 Å². The van der Waals surface area contributed by atoms with E-state index in [-0.39, 0.29) is 18.2 Å². The summed E-state index contributed by atoms with van der Waals surface area (Å²) < 4.78 is 12.6. The Morgan fingerprint density at radius 2 is 1.81 bits per heavy atom. The highest BCUT2D eigenvalue weighted by Crippen LogP contribution is 2.33. The molecule has 2 N–H and O–H groups in total. The van der Waals surface area contributed by atoms with Crippen LogP contribution in [0.2, 0.25) is 0 Å². The summed E-state index contributed by atoms with van der Waals surface area (Å²) in [6.45, 7) is 2.10. The molecule has 4 rings (SSSR count). The number of anilines is 2. The van der Waals surface area contributed by atoms with Crippen LogP contribution in [0.4, 0.5) is 11.4 Å². The number of rotatable bonds is 7. The number of aliphatic hydroxyl groups excluding tert-OH is 1. The van der Waals surface area contributed by atoms with E-state index < -0.39 is 0 Å². The molecule has 0 radical (unpaired) electrons. The minimum absolute atomic E-state index is 0.0362. The van der Waals surface area contributed by atoms with Gasteiger partial charge in [-0.05, 0) is 44.1 Å². The third-order valence-electron chi connectivity index (χ3n) is 5.75. The first-order chi connectivity index (χ1) is 15.1. The molecular formula is C23H28N4O4. The van der Waals surface area contributed by atoms with Gasteiger partial charge < -0.3 is 24.8 Å². The first-order valence-electron chi connectivity index (χ1n) is 10.5. The van der Waals surface area contributed by atoms with E-state index in [1.165, 1.54) is 0 Å². The normalized spacial score (nSPS) is 14.5. The fourth-order valence-corrected chi connectivity index (χ4v) is 4.09. The number of benzene rings is 2. The summed E-state index contributed by atoms with van der Waals surface area (Å²) >= 11 is 0. The molecule has 1 saturated heterocycles. The Hall–Kier alpha value is -3.10. The van der Waals surface area contributed by atoms with E-state index in [2.05, 4.69) is 10.3 Å². The monoisotopic (exact) mass is 424 g/mol. The topological polar surface area (TPSA) is 88.8 Å². The predicted molar refractivity (Wildman–Crippen MR) is 121 cm³/mol. The molecular weight excluding hydrogens is 396 g/mol. The van der Waals surface area contributed by atoms with Crippen LogP contribution in [0, 0.1) is 0 Å². The second-order valence-corrected chi connectivity index (χ2v) is 7.59. The number of aliphatic hydroxyl groups is 1. The zero-order valence-corrected chi connectivity index (χ0v) is 17.9. The molecule has 0 bridgehead atoms. The van der Waals surface area contributed by atoms with Gasteiger partial charge in [-0.2, -0.15) is 0 Å². The van der Waals surface area contributed by atoms with Crippen LogP contribution in [0.1, 0.15) is 18.9 Å². The van der Waals surface area contributed by atoms with E-state index in [9.17, 15) is 9.90 Å². The zero-order chi connectivity index (χ0) is 21.8. The van der Waals surface area contributed by atoms with Crippen molar-refractivity contribution in [3.63, 3.8) is 0 Å². The molecule has 0 unspecified atom stereocenters. The SMILES string of the molecule is COc1cc(OC)cc(N(CCO)c2ccc3ncn(C4CCNCC4)c(=O)c3c2)c1. The Labute approximate surface area is 181 Å². The molecule has 0 aliphatic carbocycles. The predicted octanol–water partition coefficient (Wildman–Crippen LogP) is 2.47. The lowest BCUT2D eigenvalue weighted by Gasteiger charge is -2.26. The van der Waals surface area contributed by atoms with Gasteiger partial charge in [0.25, 0.3) is 5.56 Å². The van der Waals surface area contributed by atoms with Gasteiger partial charge in [0.05, 0.1) is 38.1 Å². The van der Waals surface area contributed by atoms with Gasteiger partial charge in [-0.15, -0.1) is 0 Å². The second-order valence-electron chi connectivity index (χ2n) is 7.59. The number of aromatic nitrogens is 2.